The van der Waals surface area contributed by atoms with E-state index in [-0.39, 0.29) is 24.2 Å². The molecule has 0 atom stereocenters. The van der Waals surface area contributed by atoms with Crippen molar-refractivity contribution in [2.45, 2.75) is 20.3 Å². The number of pyridine rings is 1. The first-order valence-electron chi connectivity index (χ1n) is 10.1. The van der Waals surface area contributed by atoms with Crippen LogP contribution in [-0.2, 0) is 6.42 Å². The van der Waals surface area contributed by atoms with Crippen LogP contribution in [0.25, 0.3) is 10.9 Å². The van der Waals surface area contributed by atoms with Gasteiger partial charge in [0.05, 0.1) is 16.5 Å². The molecule has 0 unspecified atom stereocenters. The molecule has 2 aromatic carbocycles. The first-order valence-corrected chi connectivity index (χ1v) is 10.1. The van der Waals surface area contributed by atoms with E-state index in [2.05, 4.69) is 18.7 Å². The third-order valence-corrected chi connectivity index (χ3v) is 5.58. The maximum absolute atomic E-state index is 11.7. The number of hydrogen-bond donors (Lipinski definition) is 0. The molecule has 3 aromatic rings. The molecule has 5 rings (SSSR count). The van der Waals surface area contributed by atoms with E-state index in [1.165, 1.54) is 6.07 Å². The zero-order valence-electron chi connectivity index (χ0n) is 17.2. The van der Waals surface area contributed by atoms with Gasteiger partial charge in [0.1, 0.15) is 5.82 Å². The fraction of sp³-hybridized carbons (Fsp3) is 0.318. The minimum absolute atomic E-state index is 0.000491. The van der Waals surface area contributed by atoms with E-state index in [0.717, 1.165) is 35.4 Å². The largest absolute Gasteiger partial charge is 0.454 e. The van der Waals surface area contributed by atoms with E-state index < -0.39 is 0 Å². The highest BCUT2D eigenvalue weighted by Gasteiger charge is 2.25. The van der Waals surface area contributed by atoms with Crippen molar-refractivity contribution in [3.8, 4) is 23.0 Å². The Labute approximate surface area is 178 Å². The van der Waals surface area contributed by atoms with E-state index in [1.807, 2.05) is 18.2 Å². The number of rotatable bonds is 6. The van der Waals surface area contributed by atoms with E-state index >= 15 is 0 Å². The van der Waals surface area contributed by atoms with Crippen LogP contribution in [0.1, 0.15) is 25.0 Å². The molecule has 9 nitrogen and oxygen atoms in total. The minimum atomic E-state index is -0.388. The number of benzene rings is 2. The Hall–Kier alpha value is -3.75. The van der Waals surface area contributed by atoms with Gasteiger partial charge in [-0.3, -0.25) is 10.1 Å². The van der Waals surface area contributed by atoms with Gasteiger partial charge in [0.25, 0.3) is 5.69 Å². The predicted molar refractivity (Wildman–Crippen MR) is 113 cm³/mol. The summed E-state index contributed by atoms with van der Waals surface area (Å²) in [7, 11) is 0. The lowest BCUT2D eigenvalue weighted by Gasteiger charge is -2.23. The molecule has 2 aliphatic rings. The summed E-state index contributed by atoms with van der Waals surface area (Å²) in [5.74, 6) is 3.05. The van der Waals surface area contributed by atoms with Crippen molar-refractivity contribution in [1.82, 2.24) is 4.98 Å². The van der Waals surface area contributed by atoms with Crippen LogP contribution in [0.3, 0.4) is 0 Å². The zero-order valence-corrected chi connectivity index (χ0v) is 17.2. The van der Waals surface area contributed by atoms with E-state index in [9.17, 15) is 10.1 Å². The number of aromatic nitrogens is 1. The standard InChI is InChI=1S/C22H21N3O6/c1-3-24(4-2)22-15(5-13-7-18-20(30-11-28-18)9-16(13)23-22)6-14-8-19-21(31-12-29-19)10-17(14)25(26)27/h5,7-10H,3-4,6,11-12H2,1-2H3. The average Bonchev–Trinajstić information content (AvgIpc) is 3.41. The highest BCUT2D eigenvalue weighted by Crippen LogP contribution is 2.41. The Bertz CT molecular complexity index is 1190. The zero-order chi connectivity index (χ0) is 21.5. The third-order valence-electron chi connectivity index (χ3n) is 5.58. The van der Waals surface area contributed by atoms with Crippen molar-refractivity contribution in [3.05, 3.63) is 51.6 Å². The highest BCUT2D eigenvalue weighted by molar-refractivity contribution is 5.86. The van der Waals surface area contributed by atoms with Crippen molar-refractivity contribution in [2.75, 3.05) is 31.6 Å². The van der Waals surface area contributed by atoms with Gasteiger partial charge in [0.2, 0.25) is 13.6 Å². The molecule has 0 N–H and O–H groups in total. The molecule has 0 bridgehead atoms. The number of hydrogen-bond acceptors (Lipinski definition) is 8. The third kappa shape index (κ3) is 3.31. The monoisotopic (exact) mass is 423 g/mol. The van der Waals surface area contributed by atoms with E-state index in [0.29, 0.717) is 35.0 Å². The summed E-state index contributed by atoms with van der Waals surface area (Å²) in [5.41, 5.74) is 2.22. The number of anilines is 1. The molecule has 0 amide bonds. The van der Waals surface area contributed by atoms with Crippen LogP contribution in [0.5, 0.6) is 23.0 Å². The smallest absolute Gasteiger partial charge is 0.276 e. The molecule has 0 saturated heterocycles. The summed E-state index contributed by atoms with van der Waals surface area (Å²) < 4.78 is 21.8. The van der Waals surface area contributed by atoms with Gasteiger partial charge in [-0.2, -0.15) is 0 Å². The summed E-state index contributed by atoms with van der Waals surface area (Å²) in [6.45, 7) is 5.88. The van der Waals surface area contributed by atoms with Crippen LogP contribution < -0.4 is 23.8 Å². The lowest BCUT2D eigenvalue weighted by molar-refractivity contribution is -0.385. The lowest BCUT2D eigenvalue weighted by Crippen LogP contribution is -2.24. The molecule has 31 heavy (non-hydrogen) atoms. The predicted octanol–water partition coefficient (Wildman–Crippen LogP) is 4.04. The Kier molecular flexibility index (Phi) is 4.65. The number of fused-ring (bicyclic) bond motifs is 3. The quantitative estimate of drug-likeness (QED) is 0.433. The molecule has 0 fully saturated rings. The molecule has 9 heteroatoms. The average molecular weight is 423 g/mol. The van der Waals surface area contributed by atoms with Crippen LogP contribution in [-0.4, -0.2) is 36.6 Å². The fourth-order valence-corrected chi connectivity index (χ4v) is 4.01. The van der Waals surface area contributed by atoms with Gasteiger partial charge in [-0.25, -0.2) is 4.98 Å². The van der Waals surface area contributed by atoms with Crippen LogP contribution in [0, 0.1) is 10.1 Å². The van der Waals surface area contributed by atoms with Crippen LogP contribution in [0.4, 0.5) is 11.5 Å². The Morgan fingerprint density at radius 2 is 1.52 bits per heavy atom. The maximum atomic E-state index is 11.7. The number of nitro benzene ring substituents is 1. The van der Waals surface area contributed by atoms with Gasteiger partial charge in [-0.05, 0) is 37.6 Å². The van der Waals surface area contributed by atoms with Crippen LogP contribution >= 0.6 is 0 Å². The second kappa shape index (κ2) is 7.50. The summed E-state index contributed by atoms with van der Waals surface area (Å²) >= 11 is 0. The van der Waals surface area contributed by atoms with Gasteiger partial charge < -0.3 is 23.8 Å². The molecule has 2 aliphatic heterocycles. The van der Waals surface area contributed by atoms with Crippen molar-refractivity contribution in [3.63, 3.8) is 0 Å². The molecule has 0 aliphatic carbocycles. The SMILES string of the molecule is CCN(CC)c1nc2cc3c(cc2cc1Cc1cc2c(cc1[N+](=O)[O-])OCO2)OCO3. The van der Waals surface area contributed by atoms with Crippen molar-refractivity contribution in [1.29, 1.82) is 0 Å². The second-order valence-corrected chi connectivity index (χ2v) is 7.31. The Balaban J connectivity index is 1.66. The Morgan fingerprint density at radius 1 is 0.903 bits per heavy atom. The maximum Gasteiger partial charge on any atom is 0.276 e. The van der Waals surface area contributed by atoms with Gasteiger partial charge >= 0.3 is 0 Å². The fourth-order valence-electron chi connectivity index (χ4n) is 4.01. The Morgan fingerprint density at radius 3 is 2.16 bits per heavy atom. The molecule has 0 saturated carbocycles. The summed E-state index contributed by atoms with van der Waals surface area (Å²) in [4.78, 5) is 18.4. The lowest BCUT2D eigenvalue weighted by atomic mass is 10.0. The van der Waals surface area contributed by atoms with Gasteiger partial charge in [0, 0.05) is 36.5 Å². The molecular weight excluding hydrogens is 402 g/mol. The first kappa shape index (κ1) is 19.2. The normalized spacial score (nSPS) is 13.6. The van der Waals surface area contributed by atoms with Gasteiger partial charge in [-0.15, -0.1) is 0 Å². The highest BCUT2D eigenvalue weighted by atomic mass is 16.7. The topological polar surface area (TPSA) is 96.2 Å². The van der Waals surface area contributed by atoms with Crippen molar-refractivity contribution in [2.24, 2.45) is 0 Å². The molecule has 0 spiro atoms. The summed E-state index contributed by atoms with van der Waals surface area (Å²) in [6, 6.07) is 8.91. The van der Waals surface area contributed by atoms with Crippen LogP contribution in [0.15, 0.2) is 30.3 Å². The van der Waals surface area contributed by atoms with Crippen molar-refractivity contribution < 1.29 is 23.9 Å². The van der Waals surface area contributed by atoms with Gasteiger partial charge in [0.15, 0.2) is 23.0 Å². The number of ether oxygens (including phenoxy) is 4. The molecule has 3 heterocycles. The summed E-state index contributed by atoms with van der Waals surface area (Å²) in [5, 5.41) is 12.6. The second-order valence-electron chi connectivity index (χ2n) is 7.31. The molecule has 0 radical (unpaired) electrons. The molecule has 1 aromatic heterocycles. The molecule has 160 valence electrons. The van der Waals surface area contributed by atoms with E-state index in [4.69, 9.17) is 23.9 Å². The number of nitrogens with zero attached hydrogens (tertiary/aromatic N) is 3. The molecular formula is C22H21N3O6. The summed E-state index contributed by atoms with van der Waals surface area (Å²) in [6.07, 6.45) is 0.330. The first-order chi connectivity index (χ1) is 15.1. The van der Waals surface area contributed by atoms with E-state index in [1.54, 1.807) is 6.07 Å². The number of nitro groups is 1. The van der Waals surface area contributed by atoms with Crippen LogP contribution in [0.2, 0.25) is 0 Å². The van der Waals surface area contributed by atoms with Gasteiger partial charge in [-0.1, -0.05) is 0 Å². The minimum Gasteiger partial charge on any atom is -0.454 e. The van der Waals surface area contributed by atoms with Crippen molar-refractivity contribution >= 4 is 22.4 Å².